The van der Waals surface area contributed by atoms with E-state index in [-0.39, 0.29) is 17.6 Å². The summed E-state index contributed by atoms with van der Waals surface area (Å²) in [5.41, 5.74) is 2.57. The highest BCUT2D eigenvalue weighted by Crippen LogP contribution is 2.26. The van der Waals surface area contributed by atoms with Gasteiger partial charge in [0.1, 0.15) is 0 Å². The largest absolute Gasteiger partial charge is 0.326 e. The number of nitrogens with one attached hydrogen (secondary N) is 1. The summed E-state index contributed by atoms with van der Waals surface area (Å²) in [6.07, 6.45) is 1.95. The molecule has 1 amide bonds. The zero-order valence-corrected chi connectivity index (χ0v) is 18.5. The fourth-order valence-corrected chi connectivity index (χ4v) is 5.27. The van der Waals surface area contributed by atoms with Crippen LogP contribution in [0.15, 0.2) is 42.5 Å². The van der Waals surface area contributed by atoms with Crippen molar-refractivity contribution in [3.8, 4) is 0 Å². The molecule has 2 aromatic carbocycles. The van der Waals surface area contributed by atoms with E-state index in [2.05, 4.69) is 12.2 Å². The van der Waals surface area contributed by atoms with Gasteiger partial charge in [-0.05, 0) is 54.7 Å². The molecule has 0 aliphatic carbocycles. The number of halogens is 2. The Hall–Kier alpha value is -1.60. The lowest BCUT2D eigenvalue weighted by Gasteiger charge is -2.30. The predicted octanol–water partition coefficient (Wildman–Crippen LogP) is 4.74. The fourth-order valence-electron chi connectivity index (χ4n) is 3.40. The number of carbonyl (C=O) groups is 1. The van der Waals surface area contributed by atoms with Crippen molar-refractivity contribution in [1.29, 1.82) is 0 Å². The average molecular weight is 455 g/mol. The average Bonchev–Trinajstić information content (AvgIpc) is 2.71. The Balaban J connectivity index is 1.55. The molecular weight excluding hydrogens is 431 g/mol. The molecular formula is C21H24Cl2N2O3S. The van der Waals surface area contributed by atoms with Crippen molar-refractivity contribution >= 4 is 44.8 Å². The third-order valence-electron chi connectivity index (χ3n) is 5.18. The van der Waals surface area contributed by atoms with Gasteiger partial charge in [-0.2, -0.15) is 0 Å². The van der Waals surface area contributed by atoms with Crippen molar-refractivity contribution < 1.29 is 13.2 Å². The second-order valence-corrected chi connectivity index (χ2v) is 10.0. The molecule has 3 rings (SSSR count). The first-order chi connectivity index (χ1) is 13.8. The Kier molecular flexibility index (Phi) is 7.22. The lowest BCUT2D eigenvalue weighted by atomic mass is 9.97. The van der Waals surface area contributed by atoms with Crippen LogP contribution in [0, 0.1) is 5.92 Å². The lowest BCUT2D eigenvalue weighted by Crippen LogP contribution is -2.41. The van der Waals surface area contributed by atoms with Gasteiger partial charge in [0.15, 0.2) is 0 Å². The highest BCUT2D eigenvalue weighted by atomic mass is 35.5. The smallest absolute Gasteiger partial charge is 0.227 e. The van der Waals surface area contributed by atoms with E-state index in [4.69, 9.17) is 23.2 Å². The monoisotopic (exact) mass is 454 g/mol. The Morgan fingerprint density at radius 3 is 2.24 bits per heavy atom. The molecule has 1 heterocycles. The Bertz CT molecular complexity index is 970. The van der Waals surface area contributed by atoms with Gasteiger partial charge in [0.2, 0.25) is 15.9 Å². The number of amides is 1. The highest BCUT2D eigenvalue weighted by Gasteiger charge is 2.31. The van der Waals surface area contributed by atoms with E-state index in [1.54, 1.807) is 18.2 Å². The number of benzene rings is 2. The molecule has 1 aliphatic heterocycles. The van der Waals surface area contributed by atoms with Crippen LogP contribution < -0.4 is 5.32 Å². The van der Waals surface area contributed by atoms with Crippen molar-refractivity contribution in [1.82, 2.24) is 4.31 Å². The molecule has 0 aromatic heterocycles. The molecule has 0 saturated carbocycles. The molecule has 1 saturated heterocycles. The molecule has 1 fully saturated rings. The first-order valence-corrected chi connectivity index (χ1v) is 12.0. The van der Waals surface area contributed by atoms with Crippen LogP contribution in [0.1, 0.15) is 30.9 Å². The molecule has 1 aliphatic rings. The number of hydrogen-bond donors (Lipinski definition) is 1. The first-order valence-electron chi connectivity index (χ1n) is 9.60. The van der Waals surface area contributed by atoms with Crippen LogP contribution in [0.4, 0.5) is 5.69 Å². The molecule has 0 radical (unpaired) electrons. The Labute approximate surface area is 182 Å². The van der Waals surface area contributed by atoms with Gasteiger partial charge in [0.25, 0.3) is 0 Å². The highest BCUT2D eigenvalue weighted by molar-refractivity contribution is 7.88. The van der Waals surface area contributed by atoms with Gasteiger partial charge in [0, 0.05) is 24.7 Å². The molecule has 0 bridgehead atoms. The van der Waals surface area contributed by atoms with Crippen LogP contribution in [0.3, 0.4) is 0 Å². The van der Waals surface area contributed by atoms with E-state index in [9.17, 15) is 13.2 Å². The van der Waals surface area contributed by atoms with Crippen molar-refractivity contribution in [2.45, 2.75) is 31.9 Å². The number of hydrogen-bond acceptors (Lipinski definition) is 3. The lowest BCUT2D eigenvalue weighted by molar-refractivity contribution is -0.120. The standard InChI is InChI=1S/C21H24Cl2N2O3S/c1-2-15-3-6-18(7-4-15)24-21(26)17-9-11-25(12-10-17)29(27,28)14-16-5-8-19(22)20(23)13-16/h3-8,13,17H,2,9-12,14H2,1H3,(H,24,26). The van der Waals surface area contributed by atoms with Gasteiger partial charge in [-0.15, -0.1) is 0 Å². The number of aryl methyl sites for hydroxylation is 1. The fraction of sp³-hybridized carbons (Fsp3) is 0.381. The summed E-state index contributed by atoms with van der Waals surface area (Å²) in [7, 11) is -3.48. The minimum Gasteiger partial charge on any atom is -0.326 e. The van der Waals surface area contributed by atoms with Gasteiger partial charge in [-0.1, -0.05) is 48.3 Å². The summed E-state index contributed by atoms with van der Waals surface area (Å²) in [6, 6.07) is 12.6. The van der Waals surface area contributed by atoms with Gasteiger partial charge >= 0.3 is 0 Å². The van der Waals surface area contributed by atoms with Crippen molar-refractivity contribution in [3.63, 3.8) is 0 Å². The first kappa shape index (κ1) is 22.1. The summed E-state index contributed by atoms with van der Waals surface area (Å²) in [6.45, 7) is 2.74. The van der Waals surface area contributed by atoms with Crippen molar-refractivity contribution in [3.05, 3.63) is 63.6 Å². The number of rotatable bonds is 6. The summed E-state index contributed by atoms with van der Waals surface area (Å²) in [5.74, 6) is -0.391. The summed E-state index contributed by atoms with van der Waals surface area (Å²) >= 11 is 11.9. The van der Waals surface area contributed by atoms with Crippen LogP contribution >= 0.6 is 23.2 Å². The number of sulfonamides is 1. The zero-order chi connectivity index (χ0) is 21.0. The minimum atomic E-state index is -3.48. The molecule has 8 heteroatoms. The summed E-state index contributed by atoms with van der Waals surface area (Å²) < 4.78 is 26.9. The maximum Gasteiger partial charge on any atom is 0.227 e. The summed E-state index contributed by atoms with van der Waals surface area (Å²) in [5, 5.41) is 3.66. The Morgan fingerprint density at radius 1 is 1.03 bits per heavy atom. The molecule has 0 atom stereocenters. The van der Waals surface area contributed by atoms with Crippen LogP contribution in [-0.4, -0.2) is 31.7 Å². The van der Waals surface area contributed by atoms with Crippen LogP contribution in [0.25, 0.3) is 0 Å². The van der Waals surface area contributed by atoms with Gasteiger partial charge in [0.05, 0.1) is 15.8 Å². The van der Waals surface area contributed by atoms with E-state index in [0.717, 1.165) is 12.1 Å². The van der Waals surface area contributed by atoms with Crippen LogP contribution in [0.5, 0.6) is 0 Å². The normalized spacial score (nSPS) is 16.0. The molecule has 0 spiro atoms. The number of piperidine rings is 1. The van der Waals surface area contributed by atoms with E-state index >= 15 is 0 Å². The van der Waals surface area contributed by atoms with E-state index in [0.29, 0.717) is 41.5 Å². The predicted molar refractivity (Wildman–Crippen MR) is 118 cm³/mol. The molecule has 5 nitrogen and oxygen atoms in total. The van der Waals surface area contributed by atoms with Gasteiger partial charge < -0.3 is 5.32 Å². The molecule has 29 heavy (non-hydrogen) atoms. The number of carbonyl (C=O) groups excluding carboxylic acids is 1. The summed E-state index contributed by atoms with van der Waals surface area (Å²) in [4.78, 5) is 12.5. The van der Waals surface area contributed by atoms with Crippen LogP contribution in [-0.2, 0) is 27.0 Å². The second kappa shape index (κ2) is 9.47. The van der Waals surface area contributed by atoms with Crippen molar-refractivity contribution in [2.75, 3.05) is 18.4 Å². The van der Waals surface area contributed by atoms with Gasteiger partial charge in [-0.3, -0.25) is 4.79 Å². The zero-order valence-electron chi connectivity index (χ0n) is 16.2. The van der Waals surface area contributed by atoms with Gasteiger partial charge in [-0.25, -0.2) is 12.7 Å². The quantitative estimate of drug-likeness (QED) is 0.685. The van der Waals surface area contributed by atoms with E-state index in [1.165, 1.54) is 9.87 Å². The molecule has 1 N–H and O–H groups in total. The molecule has 156 valence electrons. The minimum absolute atomic E-state index is 0.0595. The third-order valence-corrected chi connectivity index (χ3v) is 7.77. The Morgan fingerprint density at radius 2 is 1.66 bits per heavy atom. The van der Waals surface area contributed by atoms with Crippen molar-refractivity contribution in [2.24, 2.45) is 5.92 Å². The maximum atomic E-state index is 12.7. The maximum absolute atomic E-state index is 12.7. The van der Waals surface area contributed by atoms with E-state index in [1.807, 2.05) is 24.3 Å². The SMILES string of the molecule is CCc1ccc(NC(=O)C2CCN(S(=O)(=O)Cc3ccc(Cl)c(Cl)c3)CC2)cc1. The van der Waals surface area contributed by atoms with E-state index < -0.39 is 10.0 Å². The number of nitrogens with zero attached hydrogens (tertiary/aromatic N) is 1. The topological polar surface area (TPSA) is 66.5 Å². The number of anilines is 1. The molecule has 2 aromatic rings. The third kappa shape index (κ3) is 5.72. The molecule has 0 unspecified atom stereocenters. The second-order valence-electron chi connectivity index (χ2n) is 7.22. The van der Waals surface area contributed by atoms with Crippen LogP contribution in [0.2, 0.25) is 10.0 Å².